The maximum Gasteiger partial charge on any atom is 0.406 e. The van der Waals surface area contributed by atoms with E-state index in [1.165, 1.54) is 0 Å². The summed E-state index contributed by atoms with van der Waals surface area (Å²) in [6.07, 6.45) is -4.39. The van der Waals surface area contributed by atoms with Crippen LogP contribution in [0.2, 0.25) is 0 Å². The molecule has 0 atom stereocenters. The Morgan fingerprint density at radius 3 is 2.57 bits per heavy atom. The van der Waals surface area contributed by atoms with E-state index in [1.807, 2.05) is 6.07 Å². The molecule has 2 rings (SSSR count). The Hall–Kier alpha value is -1.56. The molecule has 0 aromatic heterocycles. The molecule has 1 amide bonds. The van der Waals surface area contributed by atoms with Crippen LogP contribution < -0.4 is 5.32 Å². The predicted molar refractivity (Wildman–Crippen MR) is 73.8 cm³/mol. The molecular weight excluding hydrogens is 281 g/mol. The minimum absolute atomic E-state index is 0.0209. The van der Waals surface area contributed by atoms with Crippen molar-refractivity contribution >= 4 is 5.91 Å². The van der Waals surface area contributed by atoms with Crippen LogP contribution in [0.15, 0.2) is 18.2 Å². The number of fused-ring (bicyclic) bond motifs is 1. The molecule has 0 spiro atoms. The van der Waals surface area contributed by atoms with E-state index < -0.39 is 18.6 Å². The van der Waals surface area contributed by atoms with Crippen LogP contribution in [-0.2, 0) is 13.1 Å². The summed E-state index contributed by atoms with van der Waals surface area (Å²) in [4.78, 5) is 13.2. The van der Waals surface area contributed by atoms with Gasteiger partial charge < -0.3 is 10.2 Å². The van der Waals surface area contributed by atoms with Crippen molar-refractivity contribution in [3.8, 4) is 0 Å². The number of amides is 1. The Balaban J connectivity index is 2.20. The van der Waals surface area contributed by atoms with Gasteiger partial charge in [-0.05, 0) is 29.2 Å². The second-order valence-electron chi connectivity index (χ2n) is 5.78. The minimum Gasteiger partial charge on any atom is -0.329 e. The van der Waals surface area contributed by atoms with Gasteiger partial charge in [-0.1, -0.05) is 19.9 Å². The number of alkyl halides is 3. The largest absolute Gasteiger partial charge is 0.406 e. The smallest absolute Gasteiger partial charge is 0.329 e. The van der Waals surface area contributed by atoms with Crippen LogP contribution in [0.5, 0.6) is 0 Å². The standard InChI is InChI=1S/C15H19F3N2O/c1-10(2)8-20(9-15(16,17)18)14(21)11-3-4-12-6-19-7-13(12)5-11/h3-5,10,19H,6-9H2,1-2H3. The van der Waals surface area contributed by atoms with Gasteiger partial charge in [-0.2, -0.15) is 13.2 Å². The highest BCUT2D eigenvalue weighted by Crippen LogP contribution is 2.22. The minimum atomic E-state index is -4.39. The van der Waals surface area contributed by atoms with Crippen LogP contribution in [0.3, 0.4) is 0 Å². The van der Waals surface area contributed by atoms with Gasteiger partial charge in [0.2, 0.25) is 0 Å². The SMILES string of the molecule is CC(C)CN(CC(F)(F)F)C(=O)c1ccc2c(c1)CNC2. The Bertz CT molecular complexity index is 526. The fourth-order valence-electron chi connectivity index (χ4n) is 2.49. The third kappa shape index (κ3) is 4.20. The summed E-state index contributed by atoms with van der Waals surface area (Å²) in [5.41, 5.74) is 2.40. The lowest BCUT2D eigenvalue weighted by Crippen LogP contribution is -2.41. The Labute approximate surface area is 122 Å². The van der Waals surface area contributed by atoms with E-state index in [9.17, 15) is 18.0 Å². The topological polar surface area (TPSA) is 32.3 Å². The van der Waals surface area contributed by atoms with E-state index in [1.54, 1.807) is 26.0 Å². The first-order chi connectivity index (χ1) is 9.76. The van der Waals surface area contributed by atoms with Gasteiger partial charge in [-0.15, -0.1) is 0 Å². The second kappa shape index (κ2) is 6.05. The molecule has 1 aliphatic heterocycles. The van der Waals surface area contributed by atoms with Crippen molar-refractivity contribution in [3.63, 3.8) is 0 Å². The molecule has 0 unspecified atom stereocenters. The van der Waals surface area contributed by atoms with Gasteiger partial charge in [0.05, 0.1) is 0 Å². The Morgan fingerprint density at radius 1 is 1.29 bits per heavy atom. The molecular formula is C15H19F3N2O. The van der Waals surface area contributed by atoms with Crippen molar-refractivity contribution in [2.45, 2.75) is 33.1 Å². The zero-order valence-electron chi connectivity index (χ0n) is 12.1. The second-order valence-corrected chi connectivity index (χ2v) is 5.78. The van der Waals surface area contributed by atoms with Crippen LogP contribution in [0, 0.1) is 5.92 Å². The number of halogens is 3. The first-order valence-electron chi connectivity index (χ1n) is 6.95. The molecule has 1 heterocycles. The van der Waals surface area contributed by atoms with E-state index >= 15 is 0 Å². The molecule has 0 aliphatic carbocycles. The van der Waals surface area contributed by atoms with E-state index in [0.29, 0.717) is 12.1 Å². The molecule has 0 saturated carbocycles. The van der Waals surface area contributed by atoms with Gasteiger partial charge in [0.1, 0.15) is 6.54 Å². The quantitative estimate of drug-likeness (QED) is 0.927. The zero-order chi connectivity index (χ0) is 15.6. The van der Waals surface area contributed by atoms with Crippen molar-refractivity contribution in [2.75, 3.05) is 13.1 Å². The van der Waals surface area contributed by atoms with Crippen molar-refractivity contribution in [1.82, 2.24) is 10.2 Å². The van der Waals surface area contributed by atoms with E-state index in [2.05, 4.69) is 5.32 Å². The van der Waals surface area contributed by atoms with Crippen LogP contribution in [0.4, 0.5) is 13.2 Å². The van der Waals surface area contributed by atoms with Crippen LogP contribution in [0.25, 0.3) is 0 Å². The van der Waals surface area contributed by atoms with E-state index in [4.69, 9.17) is 0 Å². The summed E-state index contributed by atoms with van der Waals surface area (Å²) in [6.45, 7) is 3.86. The highest BCUT2D eigenvalue weighted by molar-refractivity contribution is 5.94. The number of carbonyl (C=O) groups excluding carboxylic acids is 1. The maximum absolute atomic E-state index is 12.6. The normalized spacial score (nSPS) is 14.4. The van der Waals surface area contributed by atoms with Gasteiger partial charge in [-0.3, -0.25) is 4.79 Å². The maximum atomic E-state index is 12.6. The number of rotatable bonds is 4. The number of nitrogens with one attached hydrogen (secondary N) is 1. The molecule has 0 fully saturated rings. The van der Waals surface area contributed by atoms with E-state index in [0.717, 1.165) is 22.6 Å². The molecule has 3 nitrogen and oxygen atoms in total. The number of carbonyl (C=O) groups is 1. The van der Waals surface area contributed by atoms with Crippen molar-refractivity contribution in [2.24, 2.45) is 5.92 Å². The Kier molecular flexibility index (Phi) is 4.56. The Morgan fingerprint density at radius 2 is 1.95 bits per heavy atom. The molecule has 0 saturated heterocycles. The van der Waals surface area contributed by atoms with Crippen molar-refractivity contribution < 1.29 is 18.0 Å². The zero-order valence-corrected chi connectivity index (χ0v) is 12.1. The average molecular weight is 300 g/mol. The van der Waals surface area contributed by atoms with Gasteiger partial charge in [0.25, 0.3) is 5.91 Å². The van der Waals surface area contributed by atoms with Gasteiger partial charge >= 0.3 is 6.18 Å². The molecule has 1 aliphatic rings. The van der Waals surface area contributed by atoms with Gasteiger partial charge in [-0.25, -0.2) is 0 Å². The average Bonchev–Trinajstić information content (AvgIpc) is 2.81. The molecule has 1 aromatic rings. The summed E-state index contributed by atoms with van der Waals surface area (Å²) in [5.74, 6) is -0.580. The third-order valence-corrected chi connectivity index (χ3v) is 3.33. The molecule has 1 aromatic carbocycles. The van der Waals surface area contributed by atoms with Crippen molar-refractivity contribution in [3.05, 3.63) is 34.9 Å². The number of hydrogen-bond acceptors (Lipinski definition) is 2. The molecule has 0 radical (unpaired) electrons. The predicted octanol–water partition coefficient (Wildman–Crippen LogP) is 2.95. The summed E-state index contributed by atoms with van der Waals surface area (Å²) >= 11 is 0. The third-order valence-electron chi connectivity index (χ3n) is 3.33. The first kappa shape index (κ1) is 15.8. The number of benzene rings is 1. The van der Waals surface area contributed by atoms with Gasteiger partial charge in [0.15, 0.2) is 0 Å². The summed E-state index contributed by atoms with van der Waals surface area (Å²) in [7, 11) is 0. The molecule has 116 valence electrons. The van der Waals surface area contributed by atoms with Crippen LogP contribution in [-0.4, -0.2) is 30.1 Å². The fourth-order valence-corrected chi connectivity index (χ4v) is 2.49. The lowest BCUT2D eigenvalue weighted by atomic mass is 10.0. The van der Waals surface area contributed by atoms with Crippen LogP contribution in [0.1, 0.15) is 35.3 Å². The van der Waals surface area contributed by atoms with Crippen LogP contribution >= 0.6 is 0 Å². The molecule has 0 bridgehead atoms. The summed E-state index contributed by atoms with van der Waals surface area (Å²) in [6, 6.07) is 5.11. The monoisotopic (exact) mass is 300 g/mol. The van der Waals surface area contributed by atoms with Gasteiger partial charge in [0, 0.05) is 25.2 Å². The highest BCUT2D eigenvalue weighted by atomic mass is 19.4. The first-order valence-corrected chi connectivity index (χ1v) is 6.95. The molecule has 21 heavy (non-hydrogen) atoms. The molecule has 1 N–H and O–H groups in total. The molecule has 6 heteroatoms. The number of hydrogen-bond donors (Lipinski definition) is 1. The highest BCUT2D eigenvalue weighted by Gasteiger charge is 2.33. The van der Waals surface area contributed by atoms with E-state index in [-0.39, 0.29) is 12.5 Å². The summed E-state index contributed by atoms with van der Waals surface area (Å²) in [5, 5.41) is 3.15. The lowest BCUT2D eigenvalue weighted by Gasteiger charge is -2.26. The summed E-state index contributed by atoms with van der Waals surface area (Å²) < 4.78 is 37.9. The fraction of sp³-hybridized carbons (Fsp3) is 0.533. The van der Waals surface area contributed by atoms with Crippen molar-refractivity contribution in [1.29, 1.82) is 0 Å². The lowest BCUT2D eigenvalue weighted by molar-refractivity contribution is -0.141. The number of nitrogens with zero attached hydrogens (tertiary/aromatic N) is 1.